The van der Waals surface area contributed by atoms with Gasteiger partial charge in [0.25, 0.3) is 5.91 Å². The number of carbonyl (C=O) groups is 2. The fraction of sp³-hybridized carbons (Fsp3) is 0.222. The summed E-state index contributed by atoms with van der Waals surface area (Å²) in [5.74, 6) is -1.44. The smallest absolute Gasteiger partial charge is 0.442 e. The average Bonchev–Trinajstić information content (AvgIpc) is 2.71. The van der Waals surface area contributed by atoms with Gasteiger partial charge in [-0.05, 0) is 47.6 Å². The molecular formula is C18H16N6O4S2. The Hall–Kier alpha value is -3.48. The van der Waals surface area contributed by atoms with Gasteiger partial charge in [0.1, 0.15) is 17.7 Å². The number of aromatic nitrogens is 2. The number of pyridine rings is 2. The van der Waals surface area contributed by atoms with E-state index in [9.17, 15) is 20.0 Å². The van der Waals surface area contributed by atoms with Gasteiger partial charge in [0.15, 0.2) is 18.5 Å². The first-order valence-electron chi connectivity index (χ1n) is 8.59. The second-order valence-corrected chi connectivity index (χ2v) is 7.89. The van der Waals surface area contributed by atoms with Crippen molar-refractivity contribution in [3.8, 4) is 6.07 Å². The van der Waals surface area contributed by atoms with Crippen molar-refractivity contribution in [2.45, 2.75) is 23.6 Å². The summed E-state index contributed by atoms with van der Waals surface area (Å²) in [6.45, 7) is 11.2. The molecule has 0 fully saturated rings. The van der Waals surface area contributed by atoms with Gasteiger partial charge in [0, 0.05) is 13.1 Å². The quantitative estimate of drug-likeness (QED) is 0.286. The molecule has 12 heteroatoms. The number of nitrogens with one attached hydrogen (secondary N) is 2. The lowest BCUT2D eigenvalue weighted by atomic mass is 10.2. The molecule has 10 nitrogen and oxygen atoms in total. The predicted octanol–water partition coefficient (Wildman–Crippen LogP) is 1.67. The molecule has 154 valence electrons. The Bertz CT molecular complexity index is 992. The van der Waals surface area contributed by atoms with E-state index in [1.54, 1.807) is 19.9 Å². The Balaban J connectivity index is 2.35. The predicted molar refractivity (Wildman–Crippen MR) is 110 cm³/mol. The molecule has 2 aromatic rings. The standard InChI is InChI=1S/C18H16N6O4S2/c1-4-21-17(25)13-6-11(9-23(27)15(13)8-19)29-30-12-7-14(18(26)22-5-2)16(20-3)24(28)10-12/h6-7,9-10H,4-5H2,1-2H3,(H,21,25)(H,22,26). The van der Waals surface area contributed by atoms with E-state index in [1.165, 1.54) is 12.1 Å². The van der Waals surface area contributed by atoms with Gasteiger partial charge in [-0.3, -0.25) is 9.59 Å². The van der Waals surface area contributed by atoms with Crippen LogP contribution in [0.15, 0.2) is 34.3 Å². The largest absolute Gasteiger partial charge is 0.629 e. The van der Waals surface area contributed by atoms with Crippen LogP contribution in [0, 0.1) is 28.3 Å². The third kappa shape index (κ3) is 5.11. The molecule has 0 spiro atoms. The molecule has 0 bridgehead atoms. The van der Waals surface area contributed by atoms with Crippen molar-refractivity contribution in [1.82, 2.24) is 10.6 Å². The molecule has 2 heterocycles. The fourth-order valence-corrected chi connectivity index (χ4v) is 4.27. The van der Waals surface area contributed by atoms with Crippen LogP contribution in [0.25, 0.3) is 4.85 Å². The highest BCUT2D eigenvalue weighted by molar-refractivity contribution is 8.76. The summed E-state index contributed by atoms with van der Waals surface area (Å²) >= 11 is 0. The number of carbonyl (C=O) groups excluding carboxylic acids is 2. The van der Waals surface area contributed by atoms with E-state index in [4.69, 9.17) is 11.8 Å². The molecule has 0 radical (unpaired) electrons. The summed E-state index contributed by atoms with van der Waals surface area (Å²) in [6.07, 6.45) is 2.29. The van der Waals surface area contributed by atoms with Crippen molar-refractivity contribution < 1.29 is 19.0 Å². The van der Waals surface area contributed by atoms with Crippen LogP contribution in [0.3, 0.4) is 0 Å². The minimum atomic E-state index is -0.552. The third-order valence-electron chi connectivity index (χ3n) is 3.60. The number of hydrogen-bond acceptors (Lipinski definition) is 7. The number of hydrogen-bond donors (Lipinski definition) is 2. The minimum absolute atomic E-state index is 0.0609. The highest BCUT2D eigenvalue weighted by atomic mass is 33.1. The molecule has 2 amide bonds. The van der Waals surface area contributed by atoms with Gasteiger partial charge < -0.3 is 21.0 Å². The molecule has 0 unspecified atom stereocenters. The minimum Gasteiger partial charge on any atom is -0.629 e. The first-order chi connectivity index (χ1) is 14.4. The summed E-state index contributed by atoms with van der Waals surface area (Å²) in [6, 6.07) is 4.52. The molecule has 2 rings (SSSR count). The monoisotopic (exact) mass is 444 g/mol. The molecule has 0 aliphatic carbocycles. The van der Waals surface area contributed by atoms with Crippen LogP contribution in [0.1, 0.15) is 40.3 Å². The van der Waals surface area contributed by atoms with Crippen molar-refractivity contribution >= 4 is 39.2 Å². The maximum Gasteiger partial charge on any atom is 0.442 e. The molecule has 0 atom stereocenters. The third-order valence-corrected chi connectivity index (χ3v) is 5.92. The zero-order chi connectivity index (χ0) is 22.3. The lowest BCUT2D eigenvalue weighted by Gasteiger charge is -2.09. The first-order valence-corrected chi connectivity index (χ1v) is 10.7. The van der Waals surface area contributed by atoms with Crippen LogP contribution >= 0.6 is 21.6 Å². The van der Waals surface area contributed by atoms with Gasteiger partial charge in [0.2, 0.25) is 5.91 Å². The van der Waals surface area contributed by atoms with Crippen LogP contribution in [0.5, 0.6) is 0 Å². The Morgan fingerprint density at radius 2 is 1.57 bits per heavy atom. The Kier molecular flexibility index (Phi) is 7.86. The number of nitriles is 1. The fourth-order valence-electron chi connectivity index (χ4n) is 2.34. The van der Waals surface area contributed by atoms with Gasteiger partial charge >= 0.3 is 11.5 Å². The van der Waals surface area contributed by atoms with Crippen molar-refractivity contribution in [1.29, 1.82) is 5.26 Å². The molecular weight excluding hydrogens is 428 g/mol. The highest BCUT2D eigenvalue weighted by Gasteiger charge is 2.23. The molecule has 0 saturated heterocycles. The summed E-state index contributed by atoms with van der Waals surface area (Å²) in [5, 5.41) is 38.5. The SMILES string of the molecule is [C-]#[N+]c1c(C(=O)NCC)cc(SSc2cc(C(=O)NCC)c(C#N)[n+]([O-])c2)c[n+]1[O-]. The van der Waals surface area contributed by atoms with Crippen LogP contribution in [0.2, 0.25) is 0 Å². The van der Waals surface area contributed by atoms with Crippen LogP contribution < -0.4 is 20.1 Å². The van der Waals surface area contributed by atoms with Gasteiger partial charge in [-0.1, -0.05) is 0 Å². The van der Waals surface area contributed by atoms with Gasteiger partial charge in [-0.25, -0.2) is 0 Å². The van der Waals surface area contributed by atoms with Crippen LogP contribution in [-0.4, -0.2) is 24.9 Å². The molecule has 0 aliphatic heterocycles. The van der Waals surface area contributed by atoms with E-state index in [0.29, 0.717) is 32.3 Å². The Labute approximate surface area is 180 Å². The van der Waals surface area contributed by atoms with E-state index in [-0.39, 0.29) is 22.6 Å². The van der Waals surface area contributed by atoms with Crippen molar-refractivity contribution in [2.75, 3.05) is 13.1 Å². The van der Waals surface area contributed by atoms with Crippen molar-refractivity contribution in [2.24, 2.45) is 0 Å². The second-order valence-electron chi connectivity index (χ2n) is 5.61. The van der Waals surface area contributed by atoms with Crippen molar-refractivity contribution in [3.63, 3.8) is 0 Å². The van der Waals surface area contributed by atoms with E-state index < -0.39 is 11.8 Å². The van der Waals surface area contributed by atoms with Crippen LogP contribution in [-0.2, 0) is 0 Å². The summed E-state index contributed by atoms with van der Waals surface area (Å²) in [5.41, 5.74) is -0.452. The molecule has 2 N–H and O–H groups in total. The average molecular weight is 444 g/mol. The first kappa shape index (κ1) is 22.8. The van der Waals surface area contributed by atoms with Gasteiger partial charge in [0.05, 0.1) is 9.79 Å². The molecule has 0 saturated carbocycles. The highest BCUT2D eigenvalue weighted by Crippen LogP contribution is 2.38. The van der Waals surface area contributed by atoms with Crippen molar-refractivity contribution in [3.05, 3.63) is 63.2 Å². The molecule has 0 aliphatic rings. The second kappa shape index (κ2) is 10.3. The topological polar surface area (TPSA) is 140 Å². The van der Waals surface area contributed by atoms with Gasteiger partial charge in [-0.15, -0.1) is 0 Å². The maximum atomic E-state index is 12.2. The van der Waals surface area contributed by atoms with E-state index in [0.717, 1.165) is 34.0 Å². The van der Waals surface area contributed by atoms with E-state index >= 15 is 0 Å². The number of nitrogens with zero attached hydrogens (tertiary/aromatic N) is 4. The van der Waals surface area contributed by atoms with Crippen LogP contribution in [0.4, 0.5) is 5.82 Å². The van der Waals surface area contributed by atoms with E-state index in [1.807, 2.05) is 0 Å². The maximum absolute atomic E-state index is 12.2. The Morgan fingerprint density at radius 3 is 2.07 bits per heavy atom. The molecule has 30 heavy (non-hydrogen) atoms. The lowest BCUT2D eigenvalue weighted by molar-refractivity contribution is -0.610. The number of rotatable bonds is 7. The summed E-state index contributed by atoms with van der Waals surface area (Å²) < 4.78 is 0.622. The molecule has 0 aromatic carbocycles. The zero-order valence-electron chi connectivity index (χ0n) is 16.0. The molecule has 2 aromatic heterocycles. The van der Waals surface area contributed by atoms with Gasteiger partial charge in [-0.2, -0.15) is 19.6 Å². The zero-order valence-corrected chi connectivity index (χ0v) is 17.6. The van der Waals surface area contributed by atoms with E-state index in [2.05, 4.69) is 15.5 Å². The summed E-state index contributed by atoms with van der Waals surface area (Å²) in [7, 11) is 2.12. The normalized spacial score (nSPS) is 10.0. The number of amides is 2. The summed E-state index contributed by atoms with van der Waals surface area (Å²) in [4.78, 5) is 28.2. The lowest BCUT2D eigenvalue weighted by Crippen LogP contribution is -2.35. The Morgan fingerprint density at radius 1 is 1.07 bits per heavy atom.